The van der Waals surface area contributed by atoms with Gasteiger partial charge in [0.1, 0.15) is 0 Å². The molecule has 2 fully saturated rings. The first-order valence-corrected chi connectivity index (χ1v) is 7.76. The van der Waals surface area contributed by atoms with Crippen LogP contribution < -0.4 is 5.32 Å². The van der Waals surface area contributed by atoms with Crippen LogP contribution in [0, 0.1) is 11.8 Å². The second kappa shape index (κ2) is 7.10. The summed E-state index contributed by atoms with van der Waals surface area (Å²) in [5.41, 5.74) is 0. The SMILES string of the molecule is CC.CNC1CC(F)(F)CCC1C1CCCC(F)(F)C1. The van der Waals surface area contributed by atoms with E-state index < -0.39 is 11.8 Å². The highest BCUT2D eigenvalue weighted by Gasteiger charge is 2.46. The molecule has 0 amide bonds. The Morgan fingerprint density at radius 3 is 2.05 bits per heavy atom. The first-order chi connectivity index (χ1) is 9.33. The molecule has 120 valence electrons. The molecule has 2 saturated carbocycles. The summed E-state index contributed by atoms with van der Waals surface area (Å²) in [6.07, 6.45) is 1.09. The Bertz CT molecular complexity index is 294. The average Bonchev–Trinajstić information content (AvgIpc) is 2.38. The normalized spacial score (nSPS) is 35.9. The third-order valence-corrected chi connectivity index (χ3v) is 4.53. The van der Waals surface area contributed by atoms with E-state index in [1.165, 1.54) is 0 Å². The predicted molar refractivity (Wildman–Crippen MR) is 73.4 cm³/mol. The third-order valence-electron chi connectivity index (χ3n) is 4.53. The molecule has 0 heterocycles. The zero-order valence-electron chi connectivity index (χ0n) is 12.7. The first kappa shape index (κ1) is 17.7. The maximum absolute atomic E-state index is 13.4. The van der Waals surface area contributed by atoms with Gasteiger partial charge in [0.05, 0.1) is 0 Å². The average molecular weight is 297 g/mol. The molecule has 0 radical (unpaired) electrons. The van der Waals surface area contributed by atoms with Crippen LogP contribution in [0.25, 0.3) is 0 Å². The zero-order chi connectivity index (χ0) is 15.4. The molecule has 3 unspecified atom stereocenters. The Kier molecular flexibility index (Phi) is 6.29. The Balaban J connectivity index is 0.000000956. The van der Waals surface area contributed by atoms with Crippen LogP contribution in [0.2, 0.25) is 0 Å². The van der Waals surface area contributed by atoms with Gasteiger partial charge in [0, 0.05) is 31.7 Å². The van der Waals surface area contributed by atoms with Crippen molar-refractivity contribution in [1.29, 1.82) is 0 Å². The topological polar surface area (TPSA) is 12.0 Å². The number of rotatable bonds is 2. The van der Waals surface area contributed by atoms with Crippen molar-refractivity contribution in [2.24, 2.45) is 11.8 Å². The molecule has 1 N–H and O–H groups in total. The van der Waals surface area contributed by atoms with E-state index in [-0.39, 0.29) is 43.6 Å². The minimum Gasteiger partial charge on any atom is -0.316 e. The lowest BCUT2D eigenvalue weighted by molar-refractivity contribution is -0.0942. The standard InChI is InChI=1S/C13H21F4N.C2H6/c1-18-11-8-13(16,17)6-4-10(11)9-3-2-5-12(14,15)7-9;1-2/h9-11,18H,2-8H2,1H3;1-2H3. The second-order valence-corrected chi connectivity index (χ2v) is 5.87. The number of nitrogens with one attached hydrogen (secondary N) is 1. The fourth-order valence-electron chi connectivity index (χ4n) is 3.61. The fraction of sp³-hybridized carbons (Fsp3) is 1.00. The largest absolute Gasteiger partial charge is 0.316 e. The van der Waals surface area contributed by atoms with E-state index in [1.807, 2.05) is 13.8 Å². The van der Waals surface area contributed by atoms with Gasteiger partial charge in [0.2, 0.25) is 11.8 Å². The molecule has 3 atom stereocenters. The van der Waals surface area contributed by atoms with E-state index in [9.17, 15) is 17.6 Å². The van der Waals surface area contributed by atoms with Crippen molar-refractivity contribution in [2.75, 3.05) is 7.05 Å². The molecule has 2 aliphatic rings. The van der Waals surface area contributed by atoms with Crippen molar-refractivity contribution < 1.29 is 17.6 Å². The van der Waals surface area contributed by atoms with Gasteiger partial charge in [0.25, 0.3) is 0 Å². The summed E-state index contributed by atoms with van der Waals surface area (Å²) in [5.74, 6) is -5.37. The molecule has 2 rings (SSSR count). The van der Waals surface area contributed by atoms with Gasteiger partial charge >= 0.3 is 0 Å². The van der Waals surface area contributed by atoms with Crippen LogP contribution in [0.4, 0.5) is 17.6 Å². The molecule has 5 heteroatoms. The maximum Gasteiger partial charge on any atom is 0.249 e. The number of halogens is 4. The summed E-state index contributed by atoms with van der Waals surface area (Å²) in [6.45, 7) is 4.00. The molecule has 0 aromatic rings. The Hall–Kier alpha value is -0.320. The number of hydrogen-bond donors (Lipinski definition) is 1. The maximum atomic E-state index is 13.4. The van der Waals surface area contributed by atoms with Crippen LogP contribution in [0.3, 0.4) is 0 Å². The molecule has 0 bridgehead atoms. The lowest BCUT2D eigenvalue weighted by Gasteiger charge is -2.42. The van der Waals surface area contributed by atoms with Gasteiger partial charge in [-0.05, 0) is 38.1 Å². The van der Waals surface area contributed by atoms with E-state index in [2.05, 4.69) is 5.32 Å². The first-order valence-electron chi connectivity index (χ1n) is 7.76. The molecule has 0 aliphatic heterocycles. The van der Waals surface area contributed by atoms with Gasteiger partial charge < -0.3 is 5.32 Å². The van der Waals surface area contributed by atoms with Gasteiger partial charge in [-0.15, -0.1) is 0 Å². The van der Waals surface area contributed by atoms with Gasteiger partial charge in [-0.3, -0.25) is 0 Å². The Morgan fingerprint density at radius 2 is 1.50 bits per heavy atom. The second-order valence-electron chi connectivity index (χ2n) is 5.87. The van der Waals surface area contributed by atoms with Gasteiger partial charge in [-0.25, -0.2) is 17.6 Å². The molecule has 0 aromatic carbocycles. The van der Waals surface area contributed by atoms with Gasteiger partial charge in [-0.2, -0.15) is 0 Å². The lowest BCUT2D eigenvalue weighted by atomic mass is 9.69. The minimum absolute atomic E-state index is 0.0270. The zero-order valence-corrected chi connectivity index (χ0v) is 12.7. The van der Waals surface area contributed by atoms with Crippen molar-refractivity contribution >= 4 is 0 Å². The van der Waals surface area contributed by atoms with Crippen molar-refractivity contribution in [3.8, 4) is 0 Å². The summed E-state index contributed by atoms with van der Waals surface area (Å²) >= 11 is 0. The smallest absolute Gasteiger partial charge is 0.249 e. The van der Waals surface area contributed by atoms with E-state index in [1.54, 1.807) is 7.05 Å². The van der Waals surface area contributed by atoms with Crippen LogP contribution >= 0.6 is 0 Å². The van der Waals surface area contributed by atoms with E-state index >= 15 is 0 Å². The summed E-state index contributed by atoms with van der Waals surface area (Å²) in [7, 11) is 1.65. The molecule has 2 aliphatic carbocycles. The third kappa shape index (κ3) is 4.61. The quantitative estimate of drug-likeness (QED) is 0.718. The summed E-state index contributed by atoms with van der Waals surface area (Å²) in [5, 5.41) is 2.91. The molecular weight excluding hydrogens is 270 g/mol. The highest BCUT2D eigenvalue weighted by Crippen LogP contribution is 2.46. The number of hydrogen-bond acceptors (Lipinski definition) is 1. The number of alkyl halides is 4. The molecule has 0 spiro atoms. The molecule has 20 heavy (non-hydrogen) atoms. The van der Waals surface area contributed by atoms with Crippen LogP contribution in [-0.2, 0) is 0 Å². The van der Waals surface area contributed by atoms with Crippen molar-refractivity contribution in [3.05, 3.63) is 0 Å². The van der Waals surface area contributed by atoms with Crippen molar-refractivity contribution in [3.63, 3.8) is 0 Å². The molecule has 1 nitrogen and oxygen atoms in total. The molecule has 0 aromatic heterocycles. The van der Waals surface area contributed by atoms with Crippen LogP contribution in [0.1, 0.15) is 58.8 Å². The van der Waals surface area contributed by atoms with Crippen LogP contribution in [0.15, 0.2) is 0 Å². The van der Waals surface area contributed by atoms with Crippen molar-refractivity contribution in [1.82, 2.24) is 5.32 Å². The minimum atomic E-state index is -2.64. The van der Waals surface area contributed by atoms with E-state index in [0.29, 0.717) is 12.8 Å². The van der Waals surface area contributed by atoms with Crippen LogP contribution in [-0.4, -0.2) is 24.9 Å². The van der Waals surface area contributed by atoms with Gasteiger partial charge in [0.15, 0.2) is 0 Å². The molecule has 0 saturated heterocycles. The Morgan fingerprint density at radius 1 is 0.900 bits per heavy atom. The fourth-order valence-corrected chi connectivity index (χ4v) is 3.61. The van der Waals surface area contributed by atoms with Crippen LogP contribution in [0.5, 0.6) is 0 Å². The van der Waals surface area contributed by atoms with Crippen molar-refractivity contribution in [2.45, 2.75) is 76.7 Å². The monoisotopic (exact) mass is 297 g/mol. The predicted octanol–water partition coefficient (Wildman–Crippen LogP) is 4.86. The Labute approximate surface area is 119 Å². The summed E-state index contributed by atoms with van der Waals surface area (Å²) in [4.78, 5) is 0. The van der Waals surface area contributed by atoms with Gasteiger partial charge in [-0.1, -0.05) is 13.8 Å². The van der Waals surface area contributed by atoms with E-state index in [4.69, 9.17) is 0 Å². The summed E-state index contributed by atoms with van der Waals surface area (Å²) < 4.78 is 53.5. The summed E-state index contributed by atoms with van der Waals surface area (Å²) in [6, 6.07) is -0.326. The van der Waals surface area contributed by atoms with E-state index in [0.717, 1.165) is 6.42 Å². The highest BCUT2D eigenvalue weighted by molar-refractivity contribution is 4.94. The molecular formula is C15H27F4N. The highest BCUT2D eigenvalue weighted by atomic mass is 19.3. The lowest BCUT2D eigenvalue weighted by Crippen LogP contribution is -2.48.